The minimum atomic E-state index is -0.752. The highest BCUT2D eigenvalue weighted by Gasteiger charge is 2.22. The summed E-state index contributed by atoms with van der Waals surface area (Å²) in [5.74, 6) is -1.97. The predicted octanol–water partition coefficient (Wildman–Crippen LogP) is 2.03. The molecule has 6 nitrogen and oxygen atoms in total. The number of nitrogens with zero attached hydrogens (tertiary/aromatic N) is 1. The van der Waals surface area contributed by atoms with Gasteiger partial charge in [-0.25, -0.2) is 4.39 Å². The molecule has 0 bridgehead atoms. The quantitative estimate of drug-likeness (QED) is 0.839. The largest absolute Gasteiger partial charge is 0.312 e. The Morgan fingerprint density at radius 3 is 2.48 bits per heavy atom. The molecule has 0 aliphatic carbocycles. The molecule has 1 saturated heterocycles. The second-order valence-electron chi connectivity index (χ2n) is 5.59. The molecule has 0 radical (unpaired) electrons. The maximum atomic E-state index is 13.5. The fraction of sp³-hybridized carbons (Fsp3) is 0.167. The van der Waals surface area contributed by atoms with Gasteiger partial charge in [-0.15, -0.1) is 0 Å². The molecule has 0 saturated carbocycles. The highest BCUT2D eigenvalue weighted by Crippen LogP contribution is 2.22. The average molecular weight is 341 g/mol. The first-order chi connectivity index (χ1) is 12.1. The highest BCUT2D eigenvalue weighted by atomic mass is 19.1. The van der Waals surface area contributed by atoms with Gasteiger partial charge >= 0.3 is 0 Å². The highest BCUT2D eigenvalue weighted by molar-refractivity contribution is 6.01. The minimum Gasteiger partial charge on any atom is -0.312 e. The summed E-state index contributed by atoms with van der Waals surface area (Å²) in [7, 11) is 0. The lowest BCUT2D eigenvalue weighted by atomic mass is 10.2. The van der Waals surface area contributed by atoms with E-state index in [1.54, 1.807) is 29.2 Å². The number of halogens is 1. The molecule has 0 atom stereocenters. The van der Waals surface area contributed by atoms with Crippen molar-refractivity contribution in [2.75, 3.05) is 11.4 Å². The van der Waals surface area contributed by atoms with Crippen LogP contribution in [0.2, 0.25) is 0 Å². The lowest BCUT2D eigenvalue weighted by Gasteiger charge is -2.16. The summed E-state index contributed by atoms with van der Waals surface area (Å²) in [4.78, 5) is 37.5. The van der Waals surface area contributed by atoms with E-state index in [0.29, 0.717) is 18.7 Å². The molecule has 25 heavy (non-hydrogen) atoms. The van der Waals surface area contributed by atoms with E-state index in [1.165, 1.54) is 18.2 Å². The SMILES string of the molecule is O=C(NNC(=O)c1ccccc1F)c1cccc(N2CCCC2=O)c1. The Bertz CT molecular complexity index is 838. The van der Waals surface area contributed by atoms with E-state index in [1.807, 2.05) is 0 Å². The number of carbonyl (C=O) groups excluding carboxylic acids is 3. The van der Waals surface area contributed by atoms with Crippen LogP contribution in [0.25, 0.3) is 0 Å². The van der Waals surface area contributed by atoms with Crippen LogP contribution in [0.4, 0.5) is 10.1 Å². The summed E-state index contributed by atoms with van der Waals surface area (Å²) >= 11 is 0. The Morgan fingerprint density at radius 1 is 1.00 bits per heavy atom. The fourth-order valence-electron chi connectivity index (χ4n) is 2.63. The van der Waals surface area contributed by atoms with Gasteiger partial charge in [-0.3, -0.25) is 25.2 Å². The zero-order valence-corrected chi connectivity index (χ0v) is 13.3. The Kier molecular flexibility index (Phi) is 4.74. The maximum absolute atomic E-state index is 13.5. The number of anilines is 1. The second-order valence-corrected chi connectivity index (χ2v) is 5.59. The molecule has 2 aromatic rings. The van der Waals surface area contributed by atoms with E-state index in [2.05, 4.69) is 10.9 Å². The number of hydrogen-bond donors (Lipinski definition) is 2. The molecule has 0 spiro atoms. The van der Waals surface area contributed by atoms with Crippen LogP contribution in [0, 0.1) is 5.82 Å². The first-order valence-electron chi connectivity index (χ1n) is 7.82. The summed E-state index contributed by atoms with van der Waals surface area (Å²) in [6, 6.07) is 12.0. The molecule has 0 aromatic heterocycles. The van der Waals surface area contributed by atoms with Gasteiger partial charge in [0.15, 0.2) is 0 Å². The predicted molar refractivity (Wildman–Crippen MR) is 89.4 cm³/mol. The van der Waals surface area contributed by atoms with Crippen molar-refractivity contribution in [2.24, 2.45) is 0 Å². The van der Waals surface area contributed by atoms with E-state index in [0.717, 1.165) is 12.5 Å². The van der Waals surface area contributed by atoms with Gasteiger partial charge in [-0.2, -0.15) is 0 Å². The van der Waals surface area contributed by atoms with E-state index in [4.69, 9.17) is 0 Å². The van der Waals surface area contributed by atoms with Crippen molar-refractivity contribution >= 4 is 23.4 Å². The molecule has 0 unspecified atom stereocenters. The third kappa shape index (κ3) is 3.65. The topological polar surface area (TPSA) is 78.5 Å². The van der Waals surface area contributed by atoms with Crippen molar-refractivity contribution in [1.29, 1.82) is 0 Å². The standard InChI is InChI=1S/C18H16FN3O3/c19-15-8-2-1-7-14(15)18(25)21-20-17(24)12-5-3-6-13(11-12)22-10-4-9-16(22)23/h1-3,5-8,11H,4,9-10H2,(H,20,24)(H,21,25). The lowest BCUT2D eigenvalue weighted by molar-refractivity contribution is -0.117. The number of carbonyl (C=O) groups is 3. The van der Waals surface area contributed by atoms with Crippen molar-refractivity contribution in [2.45, 2.75) is 12.8 Å². The monoisotopic (exact) mass is 341 g/mol. The zero-order valence-electron chi connectivity index (χ0n) is 13.3. The first kappa shape index (κ1) is 16.6. The molecular formula is C18H16FN3O3. The van der Waals surface area contributed by atoms with E-state index >= 15 is 0 Å². The van der Waals surface area contributed by atoms with Gasteiger partial charge in [0.2, 0.25) is 5.91 Å². The molecule has 1 aliphatic heterocycles. The van der Waals surface area contributed by atoms with Gasteiger partial charge < -0.3 is 4.90 Å². The molecule has 3 rings (SSSR count). The summed E-state index contributed by atoms with van der Waals surface area (Å²) < 4.78 is 13.5. The van der Waals surface area contributed by atoms with E-state index in [9.17, 15) is 18.8 Å². The molecule has 2 aromatic carbocycles. The van der Waals surface area contributed by atoms with Crippen molar-refractivity contribution < 1.29 is 18.8 Å². The van der Waals surface area contributed by atoms with Crippen LogP contribution < -0.4 is 15.8 Å². The zero-order chi connectivity index (χ0) is 17.8. The Balaban J connectivity index is 1.66. The summed E-state index contributed by atoms with van der Waals surface area (Å²) in [5.41, 5.74) is 5.17. The molecule has 2 N–H and O–H groups in total. The number of amides is 3. The van der Waals surface area contributed by atoms with Crippen LogP contribution in [-0.4, -0.2) is 24.3 Å². The van der Waals surface area contributed by atoms with Crippen molar-refractivity contribution in [1.82, 2.24) is 10.9 Å². The van der Waals surface area contributed by atoms with Crippen LogP contribution in [0.3, 0.4) is 0 Å². The van der Waals surface area contributed by atoms with Gasteiger partial charge in [0.05, 0.1) is 5.56 Å². The van der Waals surface area contributed by atoms with Crippen LogP contribution >= 0.6 is 0 Å². The molecule has 1 fully saturated rings. The van der Waals surface area contributed by atoms with Crippen LogP contribution in [-0.2, 0) is 4.79 Å². The van der Waals surface area contributed by atoms with Crippen molar-refractivity contribution in [3.63, 3.8) is 0 Å². The lowest BCUT2D eigenvalue weighted by Crippen LogP contribution is -2.42. The van der Waals surface area contributed by atoms with Crippen LogP contribution in [0.15, 0.2) is 48.5 Å². The van der Waals surface area contributed by atoms with E-state index in [-0.39, 0.29) is 17.0 Å². The Labute approximate surface area is 143 Å². The maximum Gasteiger partial charge on any atom is 0.272 e. The molecule has 1 heterocycles. The van der Waals surface area contributed by atoms with Gasteiger partial charge in [-0.1, -0.05) is 18.2 Å². The number of nitrogens with one attached hydrogen (secondary N) is 2. The number of rotatable bonds is 3. The van der Waals surface area contributed by atoms with E-state index < -0.39 is 17.6 Å². The summed E-state index contributed by atoms with van der Waals surface area (Å²) in [6.07, 6.45) is 1.28. The number of hydrogen-bond acceptors (Lipinski definition) is 3. The average Bonchev–Trinajstić information content (AvgIpc) is 3.06. The van der Waals surface area contributed by atoms with Gasteiger partial charge in [0.1, 0.15) is 5.82 Å². The number of hydrazine groups is 1. The van der Waals surface area contributed by atoms with Crippen molar-refractivity contribution in [3.05, 3.63) is 65.5 Å². The van der Waals surface area contributed by atoms with Crippen molar-refractivity contribution in [3.8, 4) is 0 Å². The molecule has 7 heteroatoms. The molecule has 3 amide bonds. The Morgan fingerprint density at radius 2 is 1.76 bits per heavy atom. The summed E-state index contributed by atoms with van der Waals surface area (Å²) in [5, 5.41) is 0. The third-order valence-corrected chi connectivity index (χ3v) is 3.90. The van der Waals surface area contributed by atoms with Gasteiger partial charge in [-0.05, 0) is 36.8 Å². The molecule has 1 aliphatic rings. The molecular weight excluding hydrogens is 325 g/mol. The van der Waals surface area contributed by atoms with Gasteiger partial charge in [0.25, 0.3) is 11.8 Å². The normalized spacial score (nSPS) is 13.6. The second kappa shape index (κ2) is 7.12. The number of benzene rings is 2. The Hall–Kier alpha value is -3.22. The van der Waals surface area contributed by atoms with Crippen LogP contribution in [0.5, 0.6) is 0 Å². The summed E-state index contributed by atoms with van der Waals surface area (Å²) in [6.45, 7) is 0.619. The van der Waals surface area contributed by atoms with Gasteiger partial charge in [0, 0.05) is 24.2 Å². The first-order valence-corrected chi connectivity index (χ1v) is 7.82. The van der Waals surface area contributed by atoms with Crippen LogP contribution in [0.1, 0.15) is 33.6 Å². The smallest absolute Gasteiger partial charge is 0.272 e. The minimum absolute atomic E-state index is 0.0189. The third-order valence-electron chi connectivity index (χ3n) is 3.90. The fourth-order valence-corrected chi connectivity index (χ4v) is 2.63. The molecule has 128 valence electrons.